The first-order chi connectivity index (χ1) is 10.6. The predicted octanol–water partition coefficient (Wildman–Crippen LogP) is 5.26. The molecule has 0 unspecified atom stereocenters. The first kappa shape index (κ1) is 16.0. The molecule has 0 spiro atoms. The van der Waals surface area contributed by atoms with E-state index in [1.54, 1.807) is 18.2 Å². The maximum atomic E-state index is 13.5. The van der Waals surface area contributed by atoms with E-state index in [1.165, 1.54) is 0 Å². The lowest BCUT2D eigenvalue weighted by molar-refractivity contribution is -0.139. The van der Waals surface area contributed by atoms with Gasteiger partial charge in [-0.2, -0.15) is 13.2 Å². The predicted molar refractivity (Wildman–Crippen MR) is 92.0 cm³/mol. The Hall–Kier alpha value is -1.88. The Morgan fingerprint density at radius 1 is 0.870 bits per heavy atom. The van der Waals surface area contributed by atoms with E-state index in [2.05, 4.69) is 24.6 Å². The van der Waals surface area contributed by atoms with E-state index < -0.39 is 19.9 Å². The summed E-state index contributed by atoms with van der Waals surface area (Å²) in [5, 5.41) is 2.60. The molecule has 1 heterocycles. The molecule has 1 nitrogen and oxygen atoms in total. The van der Waals surface area contributed by atoms with Gasteiger partial charge in [-0.25, -0.2) is 4.98 Å². The molecule has 0 saturated heterocycles. The Balaban J connectivity index is 2.49. The summed E-state index contributed by atoms with van der Waals surface area (Å²) in [5.74, 6) is 0. The average molecular weight is 333 g/mol. The molecule has 5 heteroatoms. The fourth-order valence-electron chi connectivity index (χ4n) is 2.80. The van der Waals surface area contributed by atoms with E-state index in [9.17, 15) is 13.2 Å². The Bertz CT molecular complexity index is 908. The largest absolute Gasteiger partial charge is 0.433 e. The van der Waals surface area contributed by atoms with Crippen LogP contribution < -0.4 is 5.19 Å². The number of aromatic nitrogens is 1. The summed E-state index contributed by atoms with van der Waals surface area (Å²) in [6.45, 7) is 8.31. The molecule has 3 aromatic rings. The number of pyridine rings is 1. The molecule has 120 valence electrons. The second kappa shape index (κ2) is 5.06. The van der Waals surface area contributed by atoms with Crippen molar-refractivity contribution >= 4 is 34.9 Å². The minimum Gasteiger partial charge on any atom is -0.243 e. The molecule has 2 aromatic carbocycles. The fourth-order valence-corrected chi connectivity index (χ4v) is 3.96. The highest BCUT2D eigenvalue weighted by molar-refractivity contribution is 6.88. The summed E-state index contributed by atoms with van der Waals surface area (Å²) in [6, 6.07) is 10.8. The van der Waals surface area contributed by atoms with Crippen molar-refractivity contribution in [1.82, 2.24) is 4.98 Å². The number of alkyl halides is 3. The van der Waals surface area contributed by atoms with E-state index in [1.807, 2.05) is 25.1 Å². The lowest BCUT2D eigenvalue weighted by atomic mass is 10.0. The molecule has 1 aromatic heterocycles. The van der Waals surface area contributed by atoms with Gasteiger partial charge in [0.2, 0.25) is 0 Å². The Labute approximate surface area is 134 Å². The summed E-state index contributed by atoms with van der Waals surface area (Å²) in [5.41, 5.74) is 0.606. The number of fused-ring (bicyclic) bond motifs is 3. The molecule has 0 atom stereocenters. The smallest absolute Gasteiger partial charge is 0.243 e. The molecule has 0 amide bonds. The quantitative estimate of drug-likeness (QED) is 0.437. The highest BCUT2D eigenvalue weighted by atomic mass is 28.3. The topological polar surface area (TPSA) is 12.9 Å². The third-order valence-corrected chi connectivity index (χ3v) is 6.13. The SMILES string of the molecule is Cc1ccc2nc(C(F)(F)F)c3cc([Si](C)(C)C)ccc3c2c1. The number of aryl methyl sites for hydroxylation is 1. The van der Waals surface area contributed by atoms with E-state index >= 15 is 0 Å². The molecule has 0 aliphatic rings. The van der Waals surface area contributed by atoms with Gasteiger partial charge in [0.25, 0.3) is 0 Å². The molecule has 23 heavy (non-hydrogen) atoms. The van der Waals surface area contributed by atoms with E-state index in [0.717, 1.165) is 16.1 Å². The number of hydrogen-bond donors (Lipinski definition) is 0. The van der Waals surface area contributed by atoms with Crippen LogP contribution in [-0.2, 0) is 6.18 Å². The van der Waals surface area contributed by atoms with Gasteiger partial charge >= 0.3 is 6.18 Å². The third kappa shape index (κ3) is 2.85. The van der Waals surface area contributed by atoms with Crippen LogP contribution in [0.1, 0.15) is 11.3 Å². The normalized spacial score (nSPS) is 13.0. The molecule has 0 bridgehead atoms. The number of hydrogen-bond acceptors (Lipinski definition) is 1. The van der Waals surface area contributed by atoms with Crippen molar-refractivity contribution in [2.45, 2.75) is 32.7 Å². The van der Waals surface area contributed by atoms with Gasteiger partial charge in [-0.05, 0) is 24.4 Å². The second-order valence-electron chi connectivity index (χ2n) is 6.99. The second-order valence-corrected chi connectivity index (χ2v) is 12.1. The maximum absolute atomic E-state index is 13.5. The Morgan fingerprint density at radius 3 is 2.17 bits per heavy atom. The van der Waals surface area contributed by atoms with Crippen molar-refractivity contribution in [3.05, 3.63) is 47.7 Å². The molecular formula is C18H18F3NSi. The van der Waals surface area contributed by atoms with Gasteiger partial charge in [-0.1, -0.05) is 54.7 Å². The number of halogens is 3. The van der Waals surface area contributed by atoms with Gasteiger partial charge in [-0.15, -0.1) is 0 Å². The standard InChI is InChI=1S/C18H18F3NSi/c1-11-5-8-16-14(9-11)13-7-6-12(23(2,3)4)10-15(13)17(22-16)18(19,20)21/h5-10H,1-4H3. The van der Waals surface area contributed by atoms with Gasteiger partial charge in [0.05, 0.1) is 13.6 Å². The highest BCUT2D eigenvalue weighted by Gasteiger charge is 2.35. The lowest BCUT2D eigenvalue weighted by Crippen LogP contribution is -2.37. The van der Waals surface area contributed by atoms with Gasteiger partial charge in [0.1, 0.15) is 0 Å². The Kier molecular flexibility index (Phi) is 3.52. The van der Waals surface area contributed by atoms with Gasteiger partial charge in [-0.3, -0.25) is 0 Å². The molecule has 0 N–H and O–H groups in total. The molecule has 0 aliphatic carbocycles. The van der Waals surface area contributed by atoms with Gasteiger partial charge in [0.15, 0.2) is 5.69 Å². The van der Waals surface area contributed by atoms with Crippen LogP contribution in [0.25, 0.3) is 21.7 Å². The molecule has 0 aliphatic heterocycles. The average Bonchev–Trinajstić information content (AvgIpc) is 2.44. The van der Waals surface area contributed by atoms with Crippen molar-refractivity contribution in [1.29, 1.82) is 0 Å². The van der Waals surface area contributed by atoms with Crippen LogP contribution >= 0.6 is 0 Å². The summed E-state index contributed by atoms with van der Waals surface area (Å²) >= 11 is 0. The van der Waals surface area contributed by atoms with Gasteiger partial charge in [0, 0.05) is 10.8 Å². The van der Waals surface area contributed by atoms with E-state index in [-0.39, 0.29) is 5.39 Å². The van der Waals surface area contributed by atoms with Crippen molar-refractivity contribution in [2.75, 3.05) is 0 Å². The van der Waals surface area contributed by atoms with Crippen LogP contribution in [0.4, 0.5) is 13.2 Å². The third-order valence-electron chi connectivity index (χ3n) is 4.08. The summed E-state index contributed by atoms with van der Waals surface area (Å²) < 4.78 is 40.5. The van der Waals surface area contributed by atoms with E-state index in [4.69, 9.17) is 0 Å². The highest BCUT2D eigenvalue weighted by Crippen LogP contribution is 2.36. The fraction of sp³-hybridized carbons (Fsp3) is 0.278. The molecular weight excluding hydrogens is 315 g/mol. The van der Waals surface area contributed by atoms with Crippen molar-refractivity contribution in [2.24, 2.45) is 0 Å². The zero-order valence-corrected chi connectivity index (χ0v) is 14.5. The molecule has 3 rings (SSSR count). The number of rotatable bonds is 1. The number of benzene rings is 2. The van der Waals surface area contributed by atoms with E-state index in [0.29, 0.717) is 10.9 Å². The minimum atomic E-state index is -4.46. The van der Waals surface area contributed by atoms with Crippen molar-refractivity contribution in [3.8, 4) is 0 Å². The Morgan fingerprint density at radius 2 is 1.57 bits per heavy atom. The summed E-state index contributed by atoms with van der Waals surface area (Å²) in [6.07, 6.45) is -4.46. The number of nitrogens with zero attached hydrogens (tertiary/aromatic N) is 1. The zero-order chi connectivity index (χ0) is 17.0. The minimum absolute atomic E-state index is 0.204. The van der Waals surface area contributed by atoms with Crippen LogP contribution in [0.2, 0.25) is 19.6 Å². The molecule has 0 radical (unpaired) electrons. The molecule has 0 saturated carbocycles. The van der Waals surface area contributed by atoms with Crippen LogP contribution in [0.5, 0.6) is 0 Å². The van der Waals surface area contributed by atoms with Gasteiger partial charge < -0.3 is 0 Å². The van der Waals surface area contributed by atoms with Crippen LogP contribution in [-0.4, -0.2) is 13.1 Å². The zero-order valence-electron chi connectivity index (χ0n) is 13.5. The van der Waals surface area contributed by atoms with Crippen LogP contribution in [0.3, 0.4) is 0 Å². The maximum Gasteiger partial charge on any atom is 0.433 e. The van der Waals surface area contributed by atoms with Crippen molar-refractivity contribution in [3.63, 3.8) is 0 Å². The van der Waals surface area contributed by atoms with Crippen molar-refractivity contribution < 1.29 is 13.2 Å². The summed E-state index contributed by atoms with van der Waals surface area (Å²) in [4.78, 5) is 3.93. The lowest BCUT2D eigenvalue weighted by Gasteiger charge is -2.19. The van der Waals surface area contributed by atoms with Crippen LogP contribution in [0, 0.1) is 6.92 Å². The summed E-state index contributed by atoms with van der Waals surface area (Å²) in [7, 11) is -1.71. The molecule has 0 fully saturated rings. The van der Waals surface area contributed by atoms with Crippen LogP contribution in [0.15, 0.2) is 36.4 Å². The monoisotopic (exact) mass is 333 g/mol. The first-order valence-corrected chi connectivity index (χ1v) is 11.0. The first-order valence-electron chi connectivity index (χ1n) is 7.49.